The standard InChI is InChI=1S/C11H15IN2O4S/c1-11(2,19(3,17)18)7-13-8-4-5-10(14(15)16)9(12)6-8/h4-6,13H,7H2,1-3H3. The number of nitro groups is 1. The van der Waals surface area contributed by atoms with Crippen molar-refractivity contribution in [2.75, 3.05) is 18.1 Å². The molecule has 1 rings (SSSR count). The molecule has 106 valence electrons. The van der Waals surface area contributed by atoms with Gasteiger partial charge in [0, 0.05) is 24.6 Å². The fraction of sp³-hybridized carbons (Fsp3) is 0.455. The molecule has 0 spiro atoms. The Morgan fingerprint density at radius 3 is 2.42 bits per heavy atom. The summed E-state index contributed by atoms with van der Waals surface area (Å²) in [5.41, 5.74) is 0.695. The molecule has 0 aliphatic carbocycles. The van der Waals surface area contributed by atoms with Crippen LogP contribution in [0.2, 0.25) is 0 Å². The highest BCUT2D eigenvalue weighted by Gasteiger charge is 2.29. The Hall–Kier alpha value is -0.900. The van der Waals surface area contributed by atoms with Gasteiger partial charge in [-0.2, -0.15) is 0 Å². The van der Waals surface area contributed by atoms with E-state index < -0.39 is 19.5 Å². The van der Waals surface area contributed by atoms with Crippen LogP contribution >= 0.6 is 22.6 Å². The molecule has 19 heavy (non-hydrogen) atoms. The molecule has 8 heteroatoms. The van der Waals surface area contributed by atoms with Gasteiger partial charge < -0.3 is 5.32 Å². The Morgan fingerprint density at radius 1 is 1.42 bits per heavy atom. The van der Waals surface area contributed by atoms with Crippen molar-refractivity contribution in [3.05, 3.63) is 31.9 Å². The van der Waals surface area contributed by atoms with Crippen LogP contribution in [0.15, 0.2) is 18.2 Å². The van der Waals surface area contributed by atoms with Gasteiger partial charge in [-0.1, -0.05) is 0 Å². The van der Waals surface area contributed by atoms with Gasteiger partial charge in [-0.05, 0) is 48.6 Å². The molecule has 6 nitrogen and oxygen atoms in total. The molecule has 0 atom stereocenters. The third-order valence-corrected chi connectivity index (χ3v) is 5.88. The van der Waals surface area contributed by atoms with Gasteiger partial charge in [0.25, 0.3) is 5.69 Å². The smallest absolute Gasteiger partial charge is 0.282 e. The van der Waals surface area contributed by atoms with Gasteiger partial charge in [-0.3, -0.25) is 10.1 Å². The van der Waals surface area contributed by atoms with Crippen molar-refractivity contribution in [3.8, 4) is 0 Å². The molecule has 0 amide bonds. The highest BCUT2D eigenvalue weighted by atomic mass is 127. The molecule has 0 bridgehead atoms. The first kappa shape index (κ1) is 16.2. The molecule has 0 aromatic heterocycles. The number of anilines is 1. The molecule has 0 heterocycles. The lowest BCUT2D eigenvalue weighted by Crippen LogP contribution is -2.38. The summed E-state index contributed by atoms with van der Waals surface area (Å²) in [6, 6.07) is 4.59. The minimum Gasteiger partial charge on any atom is -0.383 e. The fourth-order valence-electron chi connectivity index (χ4n) is 1.21. The predicted molar refractivity (Wildman–Crippen MR) is 83.2 cm³/mol. The Morgan fingerprint density at radius 2 is 2.00 bits per heavy atom. The van der Waals surface area contributed by atoms with E-state index in [4.69, 9.17) is 0 Å². The molecule has 0 saturated carbocycles. The lowest BCUT2D eigenvalue weighted by molar-refractivity contribution is -0.385. The Bertz CT molecular complexity index is 599. The summed E-state index contributed by atoms with van der Waals surface area (Å²) < 4.78 is 22.7. The van der Waals surface area contributed by atoms with E-state index in [-0.39, 0.29) is 12.2 Å². The molecular weight excluding hydrogens is 383 g/mol. The van der Waals surface area contributed by atoms with Gasteiger partial charge in [0.2, 0.25) is 0 Å². The van der Waals surface area contributed by atoms with E-state index in [2.05, 4.69) is 5.32 Å². The number of hydrogen-bond donors (Lipinski definition) is 1. The molecule has 0 aliphatic rings. The molecule has 0 radical (unpaired) electrons. The van der Waals surface area contributed by atoms with Crippen molar-refractivity contribution in [1.29, 1.82) is 0 Å². The first-order valence-electron chi connectivity index (χ1n) is 5.42. The molecule has 0 aliphatic heterocycles. The first-order valence-corrected chi connectivity index (χ1v) is 8.39. The SMILES string of the molecule is CC(C)(CNc1ccc([N+](=O)[O-])c(I)c1)S(C)(=O)=O. The lowest BCUT2D eigenvalue weighted by Gasteiger charge is -2.23. The van der Waals surface area contributed by atoms with Crippen molar-refractivity contribution in [3.63, 3.8) is 0 Å². The van der Waals surface area contributed by atoms with Crippen molar-refractivity contribution in [2.24, 2.45) is 0 Å². The molecule has 1 N–H and O–H groups in total. The van der Waals surface area contributed by atoms with Crippen LogP contribution in [-0.4, -0.2) is 30.9 Å². The molecule has 0 unspecified atom stereocenters. The minimum atomic E-state index is -3.18. The summed E-state index contributed by atoms with van der Waals surface area (Å²) in [4.78, 5) is 10.2. The monoisotopic (exact) mass is 398 g/mol. The van der Waals surface area contributed by atoms with Crippen molar-refractivity contribution >= 4 is 43.8 Å². The summed E-state index contributed by atoms with van der Waals surface area (Å²) in [6.07, 6.45) is 1.19. The van der Waals surface area contributed by atoms with Gasteiger partial charge in [-0.25, -0.2) is 8.42 Å². The maximum absolute atomic E-state index is 11.6. The quantitative estimate of drug-likeness (QED) is 0.468. The van der Waals surface area contributed by atoms with Gasteiger partial charge in [0.15, 0.2) is 9.84 Å². The number of nitrogens with zero attached hydrogens (tertiary/aromatic N) is 1. The number of rotatable bonds is 5. The first-order chi connectivity index (χ1) is 8.54. The number of benzene rings is 1. The molecule has 1 aromatic rings. The van der Waals surface area contributed by atoms with Crippen LogP contribution in [0.1, 0.15) is 13.8 Å². The zero-order chi connectivity index (χ0) is 14.8. The van der Waals surface area contributed by atoms with Crippen LogP contribution in [0.4, 0.5) is 11.4 Å². The Kier molecular flexibility index (Phi) is 4.77. The second kappa shape index (κ2) is 5.61. The van der Waals surface area contributed by atoms with Crippen LogP contribution in [0.25, 0.3) is 0 Å². The average Bonchev–Trinajstić information content (AvgIpc) is 2.24. The van der Waals surface area contributed by atoms with Gasteiger partial charge >= 0.3 is 0 Å². The third kappa shape index (κ3) is 4.03. The van der Waals surface area contributed by atoms with Gasteiger partial charge in [-0.15, -0.1) is 0 Å². The second-order valence-electron chi connectivity index (χ2n) is 4.81. The van der Waals surface area contributed by atoms with Crippen molar-refractivity contribution in [2.45, 2.75) is 18.6 Å². The maximum Gasteiger partial charge on any atom is 0.282 e. The number of halogens is 1. The molecular formula is C11H15IN2O4S. The maximum atomic E-state index is 11.6. The summed E-state index contributed by atoms with van der Waals surface area (Å²) in [7, 11) is -3.18. The van der Waals surface area contributed by atoms with Crippen LogP contribution in [0.5, 0.6) is 0 Å². The highest BCUT2D eigenvalue weighted by Crippen LogP contribution is 2.25. The lowest BCUT2D eigenvalue weighted by atomic mass is 10.2. The Balaban J connectivity index is 2.86. The number of hydrogen-bond acceptors (Lipinski definition) is 5. The number of nitro benzene ring substituents is 1. The topological polar surface area (TPSA) is 89.3 Å². The van der Waals surface area contributed by atoms with E-state index >= 15 is 0 Å². The van der Waals surface area contributed by atoms with E-state index in [1.54, 1.807) is 26.0 Å². The summed E-state index contributed by atoms with van der Waals surface area (Å²) >= 11 is 1.88. The second-order valence-corrected chi connectivity index (χ2v) is 8.62. The van der Waals surface area contributed by atoms with Crippen LogP contribution in [-0.2, 0) is 9.84 Å². The van der Waals surface area contributed by atoms with Crippen LogP contribution < -0.4 is 5.32 Å². The van der Waals surface area contributed by atoms with Crippen molar-refractivity contribution in [1.82, 2.24) is 0 Å². The molecule has 0 fully saturated rings. The summed E-state index contributed by atoms with van der Waals surface area (Å²) in [5.74, 6) is 0. The molecule has 1 aromatic carbocycles. The summed E-state index contributed by atoms with van der Waals surface area (Å²) in [5, 5.41) is 13.7. The van der Waals surface area contributed by atoms with E-state index in [9.17, 15) is 18.5 Å². The van der Waals surface area contributed by atoms with Crippen LogP contribution in [0.3, 0.4) is 0 Å². The van der Waals surface area contributed by atoms with E-state index in [1.807, 2.05) is 22.6 Å². The number of nitrogens with one attached hydrogen (secondary N) is 1. The Labute approximate surface area is 125 Å². The van der Waals surface area contributed by atoms with Crippen molar-refractivity contribution < 1.29 is 13.3 Å². The number of sulfone groups is 1. The zero-order valence-electron chi connectivity index (χ0n) is 10.8. The largest absolute Gasteiger partial charge is 0.383 e. The third-order valence-electron chi connectivity index (χ3n) is 2.87. The van der Waals surface area contributed by atoms with Gasteiger partial charge in [0.1, 0.15) is 0 Å². The minimum absolute atomic E-state index is 0.0357. The van der Waals surface area contributed by atoms with Gasteiger partial charge in [0.05, 0.1) is 13.2 Å². The van der Waals surface area contributed by atoms with E-state index in [1.165, 1.54) is 12.3 Å². The fourth-order valence-corrected chi connectivity index (χ4v) is 2.26. The van der Waals surface area contributed by atoms with E-state index in [0.717, 1.165) is 0 Å². The average molecular weight is 398 g/mol. The molecule has 0 saturated heterocycles. The van der Waals surface area contributed by atoms with E-state index in [0.29, 0.717) is 9.26 Å². The summed E-state index contributed by atoms with van der Waals surface area (Å²) in [6.45, 7) is 3.50. The highest BCUT2D eigenvalue weighted by molar-refractivity contribution is 14.1. The predicted octanol–water partition coefficient (Wildman–Crippen LogP) is 2.43. The van der Waals surface area contributed by atoms with Crippen LogP contribution in [0, 0.1) is 13.7 Å². The normalized spacial score (nSPS) is 12.2. The zero-order valence-corrected chi connectivity index (χ0v) is 13.8.